The maximum atomic E-state index is 11.5. The van der Waals surface area contributed by atoms with E-state index in [1.807, 2.05) is 18.2 Å². The highest BCUT2D eigenvalue weighted by Gasteiger charge is 2.25. The van der Waals surface area contributed by atoms with Gasteiger partial charge in [-0.1, -0.05) is 44.0 Å². The molecule has 3 N–H and O–H groups in total. The molecule has 4 nitrogen and oxygen atoms in total. The zero-order chi connectivity index (χ0) is 15.2. The fourth-order valence-corrected chi connectivity index (χ4v) is 3.45. The van der Waals surface area contributed by atoms with E-state index in [0.29, 0.717) is 12.5 Å². The molecule has 1 aromatic rings. The first-order valence-corrected chi connectivity index (χ1v) is 7.88. The van der Waals surface area contributed by atoms with Gasteiger partial charge in [0.1, 0.15) is 0 Å². The van der Waals surface area contributed by atoms with Crippen LogP contribution in [-0.4, -0.2) is 23.9 Å². The predicted molar refractivity (Wildman–Crippen MR) is 85.4 cm³/mol. The third-order valence-corrected chi connectivity index (χ3v) is 4.68. The highest BCUT2D eigenvalue weighted by atomic mass is 16.2. The number of rotatable bonds is 5. The van der Waals surface area contributed by atoms with Gasteiger partial charge in [0, 0.05) is 12.6 Å². The standard InChI is InChI=1S/C17H27N3O/c1-13-7-3-6-10-16(13)20(2)12-15-9-5-4-8-14(15)11-17(21)19-18/h4-5,8-9,13,16H,3,6-7,10-12,18H2,1-2H3,(H,19,21). The molecule has 21 heavy (non-hydrogen) atoms. The third kappa shape index (κ3) is 4.29. The Balaban J connectivity index is 2.06. The number of hydrogen-bond acceptors (Lipinski definition) is 3. The van der Waals surface area contributed by atoms with Crippen LogP contribution >= 0.6 is 0 Å². The number of nitrogens with two attached hydrogens (primary N) is 1. The number of hydrazine groups is 1. The lowest BCUT2D eigenvalue weighted by Crippen LogP contribution is -2.38. The van der Waals surface area contributed by atoms with Crippen LogP contribution in [0.25, 0.3) is 0 Å². The second-order valence-electron chi connectivity index (χ2n) is 6.26. The SMILES string of the molecule is CC1CCCCC1N(C)Cc1ccccc1CC(=O)NN. The molecule has 1 aliphatic carbocycles. The van der Waals surface area contributed by atoms with E-state index in [1.165, 1.54) is 31.2 Å². The van der Waals surface area contributed by atoms with Crippen molar-refractivity contribution in [2.75, 3.05) is 7.05 Å². The van der Waals surface area contributed by atoms with Crippen molar-refractivity contribution in [3.63, 3.8) is 0 Å². The van der Waals surface area contributed by atoms with Gasteiger partial charge in [0.15, 0.2) is 0 Å². The largest absolute Gasteiger partial charge is 0.299 e. The van der Waals surface area contributed by atoms with Crippen LogP contribution in [0, 0.1) is 5.92 Å². The second-order valence-corrected chi connectivity index (χ2v) is 6.26. The number of benzene rings is 1. The summed E-state index contributed by atoms with van der Waals surface area (Å²) in [6.07, 6.45) is 5.64. The van der Waals surface area contributed by atoms with Gasteiger partial charge in [-0.3, -0.25) is 15.1 Å². The average Bonchev–Trinajstić information content (AvgIpc) is 2.49. The molecule has 2 unspecified atom stereocenters. The number of hydrogen-bond donors (Lipinski definition) is 2. The topological polar surface area (TPSA) is 58.4 Å². The monoisotopic (exact) mass is 289 g/mol. The van der Waals surface area contributed by atoms with E-state index in [0.717, 1.165) is 18.0 Å². The fourth-order valence-electron chi connectivity index (χ4n) is 3.45. The summed E-state index contributed by atoms with van der Waals surface area (Å²) in [4.78, 5) is 14.0. The molecule has 2 atom stereocenters. The van der Waals surface area contributed by atoms with Crippen LogP contribution in [0.5, 0.6) is 0 Å². The maximum absolute atomic E-state index is 11.5. The molecule has 0 spiro atoms. The van der Waals surface area contributed by atoms with Crippen molar-refractivity contribution in [1.29, 1.82) is 0 Å². The minimum Gasteiger partial charge on any atom is -0.299 e. The molecule has 0 aliphatic heterocycles. The van der Waals surface area contributed by atoms with Crippen molar-refractivity contribution in [3.8, 4) is 0 Å². The van der Waals surface area contributed by atoms with E-state index >= 15 is 0 Å². The smallest absolute Gasteiger partial charge is 0.238 e. The van der Waals surface area contributed by atoms with Gasteiger partial charge in [0.05, 0.1) is 6.42 Å². The number of carbonyl (C=O) groups is 1. The van der Waals surface area contributed by atoms with Crippen molar-refractivity contribution >= 4 is 5.91 Å². The molecule has 2 rings (SSSR count). The summed E-state index contributed by atoms with van der Waals surface area (Å²) in [7, 11) is 2.20. The zero-order valence-corrected chi connectivity index (χ0v) is 13.1. The summed E-state index contributed by atoms with van der Waals surface area (Å²) < 4.78 is 0. The van der Waals surface area contributed by atoms with Crippen LogP contribution in [0.15, 0.2) is 24.3 Å². The molecule has 0 heterocycles. The molecule has 4 heteroatoms. The van der Waals surface area contributed by atoms with E-state index in [1.54, 1.807) is 0 Å². The highest BCUT2D eigenvalue weighted by molar-refractivity contribution is 5.78. The summed E-state index contributed by atoms with van der Waals surface area (Å²) in [5.41, 5.74) is 4.50. The van der Waals surface area contributed by atoms with Crippen LogP contribution in [-0.2, 0) is 17.8 Å². The van der Waals surface area contributed by atoms with Crippen molar-refractivity contribution in [3.05, 3.63) is 35.4 Å². The molecule has 1 aliphatic rings. The third-order valence-electron chi connectivity index (χ3n) is 4.68. The summed E-state index contributed by atoms with van der Waals surface area (Å²) >= 11 is 0. The first kappa shape index (κ1) is 16.0. The quantitative estimate of drug-likeness (QED) is 0.496. The molecule has 1 aromatic carbocycles. The lowest BCUT2D eigenvalue weighted by molar-refractivity contribution is -0.120. The highest BCUT2D eigenvalue weighted by Crippen LogP contribution is 2.28. The minimum absolute atomic E-state index is 0.142. The molecule has 1 amide bonds. The lowest BCUT2D eigenvalue weighted by atomic mass is 9.85. The maximum Gasteiger partial charge on any atom is 0.238 e. The Morgan fingerprint density at radius 3 is 2.62 bits per heavy atom. The summed E-state index contributed by atoms with van der Waals surface area (Å²) in [5, 5.41) is 0. The van der Waals surface area contributed by atoms with Crippen molar-refractivity contribution in [1.82, 2.24) is 10.3 Å². The van der Waals surface area contributed by atoms with Gasteiger partial charge < -0.3 is 0 Å². The predicted octanol–water partition coefficient (Wildman–Crippen LogP) is 2.23. The molecule has 0 saturated heterocycles. The Hall–Kier alpha value is -1.39. The number of nitrogens with one attached hydrogen (secondary N) is 1. The van der Waals surface area contributed by atoms with Gasteiger partial charge in [-0.25, -0.2) is 5.84 Å². The van der Waals surface area contributed by atoms with Crippen LogP contribution in [0.2, 0.25) is 0 Å². The molecule has 0 aromatic heterocycles. The number of amides is 1. The molecule has 0 radical (unpaired) electrons. The Bertz CT molecular complexity index is 475. The molecular weight excluding hydrogens is 262 g/mol. The normalized spacial score (nSPS) is 22.3. The van der Waals surface area contributed by atoms with E-state index < -0.39 is 0 Å². The first-order chi connectivity index (χ1) is 10.1. The summed E-state index contributed by atoms with van der Waals surface area (Å²) in [6, 6.07) is 8.80. The Morgan fingerprint density at radius 2 is 1.95 bits per heavy atom. The fraction of sp³-hybridized carbons (Fsp3) is 0.588. The van der Waals surface area contributed by atoms with E-state index in [2.05, 4.69) is 30.4 Å². The number of nitrogens with zero attached hydrogens (tertiary/aromatic N) is 1. The number of carbonyl (C=O) groups excluding carboxylic acids is 1. The van der Waals surface area contributed by atoms with Gasteiger partial charge in [-0.05, 0) is 36.9 Å². The molecular formula is C17H27N3O. The van der Waals surface area contributed by atoms with Crippen molar-refractivity contribution < 1.29 is 4.79 Å². The zero-order valence-electron chi connectivity index (χ0n) is 13.1. The van der Waals surface area contributed by atoms with Gasteiger partial charge in [0.25, 0.3) is 0 Å². The van der Waals surface area contributed by atoms with E-state index in [-0.39, 0.29) is 5.91 Å². The van der Waals surface area contributed by atoms with E-state index in [9.17, 15) is 4.79 Å². The first-order valence-electron chi connectivity index (χ1n) is 7.88. The van der Waals surface area contributed by atoms with Crippen LogP contribution in [0.3, 0.4) is 0 Å². The van der Waals surface area contributed by atoms with Gasteiger partial charge >= 0.3 is 0 Å². The Kier molecular flexibility index (Phi) is 5.76. The van der Waals surface area contributed by atoms with Crippen molar-refractivity contribution in [2.45, 2.75) is 51.6 Å². The minimum atomic E-state index is -0.142. The van der Waals surface area contributed by atoms with Gasteiger partial charge in [-0.2, -0.15) is 0 Å². The van der Waals surface area contributed by atoms with E-state index in [4.69, 9.17) is 5.84 Å². The molecule has 116 valence electrons. The summed E-state index contributed by atoms with van der Waals surface area (Å²) in [6.45, 7) is 3.25. The second kappa shape index (κ2) is 7.57. The lowest BCUT2D eigenvalue weighted by Gasteiger charge is -2.36. The molecule has 0 bridgehead atoms. The van der Waals surface area contributed by atoms with Gasteiger partial charge in [0.2, 0.25) is 5.91 Å². The van der Waals surface area contributed by atoms with Gasteiger partial charge in [-0.15, -0.1) is 0 Å². The molecule has 1 fully saturated rings. The average molecular weight is 289 g/mol. The van der Waals surface area contributed by atoms with Crippen LogP contribution < -0.4 is 11.3 Å². The molecule has 1 saturated carbocycles. The van der Waals surface area contributed by atoms with Crippen LogP contribution in [0.4, 0.5) is 0 Å². The van der Waals surface area contributed by atoms with Crippen molar-refractivity contribution in [2.24, 2.45) is 11.8 Å². The summed E-state index contributed by atoms with van der Waals surface area (Å²) in [5.74, 6) is 5.81. The Labute approximate surface area is 127 Å². The Morgan fingerprint density at radius 1 is 1.29 bits per heavy atom. The van der Waals surface area contributed by atoms with Crippen LogP contribution in [0.1, 0.15) is 43.7 Å².